The molecule has 0 radical (unpaired) electrons. The fraction of sp³-hybridized carbons (Fsp3) is 0.250. The van der Waals surface area contributed by atoms with Gasteiger partial charge in [-0.2, -0.15) is 0 Å². The quantitative estimate of drug-likeness (QED) is 0.770. The van der Waals surface area contributed by atoms with Crippen LogP contribution in [0.5, 0.6) is 0 Å². The molecule has 14 heavy (non-hydrogen) atoms. The van der Waals surface area contributed by atoms with E-state index in [2.05, 4.69) is 5.32 Å². The molecule has 72 valence electrons. The van der Waals surface area contributed by atoms with Gasteiger partial charge < -0.3 is 5.32 Å². The Kier molecular flexibility index (Phi) is 2.63. The van der Waals surface area contributed by atoms with Gasteiger partial charge in [-0.25, -0.2) is 0 Å². The van der Waals surface area contributed by atoms with Crippen LogP contribution in [0.15, 0.2) is 42.5 Å². The topological polar surface area (TPSA) is 29.1 Å². The second kappa shape index (κ2) is 4.09. The van der Waals surface area contributed by atoms with E-state index in [0.29, 0.717) is 0 Å². The Morgan fingerprint density at radius 3 is 2.71 bits per heavy atom. The molecule has 0 spiro atoms. The summed E-state index contributed by atoms with van der Waals surface area (Å²) < 4.78 is 0. The van der Waals surface area contributed by atoms with Gasteiger partial charge in [-0.1, -0.05) is 24.3 Å². The third-order valence-electron chi connectivity index (χ3n) is 2.36. The minimum absolute atomic E-state index is 0.0394. The van der Waals surface area contributed by atoms with E-state index in [1.165, 1.54) is 0 Å². The summed E-state index contributed by atoms with van der Waals surface area (Å²) >= 11 is 0. The van der Waals surface area contributed by atoms with E-state index >= 15 is 0 Å². The maximum atomic E-state index is 11.4. The summed E-state index contributed by atoms with van der Waals surface area (Å²) in [6.07, 6.45) is 5.48. The van der Waals surface area contributed by atoms with Gasteiger partial charge in [0.2, 0.25) is 0 Å². The molecule has 0 fully saturated rings. The molecule has 2 rings (SSSR count). The minimum atomic E-state index is -0.0394. The van der Waals surface area contributed by atoms with Gasteiger partial charge in [-0.15, -0.1) is 0 Å². The van der Waals surface area contributed by atoms with Crippen molar-refractivity contribution in [3.05, 3.63) is 42.5 Å². The van der Waals surface area contributed by atoms with Gasteiger partial charge in [-0.05, 0) is 31.1 Å². The van der Waals surface area contributed by atoms with Crippen molar-refractivity contribution in [2.75, 3.05) is 5.32 Å². The van der Waals surface area contributed by atoms with Crippen molar-refractivity contribution in [3.8, 4) is 0 Å². The van der Waals surface area contributed by atoms with Crippen LogP contribution in [-0.4, -0.2) is 11.8 Å². The second-order valence-corrected chi connectivity index (χ2v) is 3.45. The lowest BCUT2D eigenvalue weighted by atomic mass is 10.0. The van der Waals surface area contributed by atoms with Gasteiger partial charge in [-0.3, -0.25) is 4.79 Å². The zero-order valence-corrected chi connectivity index (χ0v) is 7.94. The molecule has 1 aromatic carbocycles. The standard InChI is InChI=1S/C12H13NO/c14-12-9-5-4-8-11(12)13-10-6-2-1-3-7-10/h1-3,5-7,9,11,13H,4,8H2/t11-/m1/s1. The van der Waals surface area contributed by atoms with Gasteiger partial charge in [0.05, 0.1) is 6.04 Å². The Balaban J connectivity index is 2.04. The molecule has 0 bridgehead atoms. The first-order valence-electron chi connectivity index (χ1n) is 4.88. The predicted octanol–water partition coefficient (Wildman–Crippen LogP) is 2.39. The molecule has 0 heterocycles. The molecule has 1 aliphatic carbocycles. The number of ketones is 1. The van der Waals surface area contributed by atoms with Gasteiger partial charge in [0.15, 0.2) is 5.78 Å². The summed E-state index contributed by atoms with van der Waals surface area (Å²) in [6, 6.07) is 9.81. The van der Waals surface area contributed by atoms with E-state index in [-0.39, 0.29) is 11.8 Å². The molecule has 0 amide bonds. The van der Waals surface area contributed by atoms with Gasteiger partial charge in [0.25, 0.3) is 0 Å². The molecule has 2 heteroatoms. The lowest BCUT2D eigenvalue weighted by Gasteiger charge is -2.19. The molecule has 0 aliphatic heterocycles. The van der Waals surface area contributed by atoms with Crippen LogP contribution in [0.1, 0.15) is 12.8 Å². The van der Waals surface area contributed by atoms with Crippen LogP contribution >= 0.6 is 0 Å². The number of hydrogen-bond donors (Lipinski definition) is 1. The number of allylic oxidation sites excluding steroid dienone is 1. The summed E-state index contributed by atoms with van der Waals surface area (Å²) in [5.41, 5.74) is 1.01. The lowest BCUT2D eigenvalue weighted by Crippen LogP contribution is -2.29. The van der Waals surface area contributed by atoms with E-state index in [4.69, 9.17) is 0 Å². The SMILES string of the molecule is O=C1C=CCC[C@H]1Nc1ccccc1. The van der Waals surface area contributed by atoms with Crippen LogP contribution in [0.3, 0.4) is 0 Å². The highest BCUT2D eigenvalue weighted by atomic mass is 16.1. The molecule has 0 saturated carbocycles. The smallest absolute Gasteiger partial charge is 0.177 e. The van der Waals surface area contributed by atoms with Crippen molar-refractivity contribution < 1.29 is 4.79 Å². The molecule has 1 aromatic rings. The normalized spacial score (nSPS) is 20.9. The van der Waals surface area contributed by atoms with E-state index < -0.39 is 0 Å². The van der Waals surface area contributed by atoms with E-state index in [0.717, 1.165) is 18.5 Å². The van der Waals surface area contributed by atoms with Gasteiger partial charge in [0, 0.05) is 5.69 Å². The third-order valence-corrected chi connectivity index (χ3v) is 2.36. The van der Waals surface area contributed by atoms with Crippen LogP contribution < -0.4 is 5.32 Å². The van der Waals surface area contributed by atoms with Crippen molar-refractivity contribution in [2.45, 2.75) is 18.9 Å². The fourth-order valence-corrected chi connectivity index (χ4v) is 1.60. The monoisotopic (exact) mass is 187 g/mol. The average Bonchev–Trinajstić information content (AvgIpc) is 2.23. The molecule has 2 nitrogen and oxygen atoms in total. The highest BCUT2D eigenvalue weighted by molar-refractivity contribution is 5.96. The number of carbonyl (C=O) groups excluding carboxylic acids is 1. The highest BCUT2D eigenvalue weighted by Gasteiger charge is 2.17. The fourth-order valence-electron chi connectivity index (χ4n) is 1.60. The second-order valence-electron chi connectivity index (χ2n) is 3.45. The average molecular weight is 187 g/mol. The van der Waals surface area contributed by atoms with Crippen molar-refractivity contribution in [1.82, 2.24) is 0 Å². The summed E-state index contributed by atoms with van der Waals surface area (Å²) in [7, 11) is 0. The highest BCUT2D eigenvalue weighted by Crippen LogP contribution is 2.14. The van der Waals surface area contributed by atoms with Crippen LogP contribution in [0.2, 0.25) is 0 Å². The molecule has 0 aromatic heterocycles. The molecule has 1 aliphatic rings. The molecule has 0 unspecified atom stereocenters. The van der Waals surface area contributed by atoms with Crippen LogP contribution in [0.4, 0.5) is 5.69 Å². The number of hydrogen-bond acceptors (Lipinski definition) is 2. The third kappa shape index (κ3) is 2.02. The van der Waals surface area contributed by atoms with Crippen molar-refractivity contribution in [3.63, 3.8) is 0 Å². The van der Waals surface area contributed by atoms with Gasteiger partial charge >= 0.3 is 0 Å². The van der Waals surface area contributed by atoms with Gasteiger partial charge in [0.1, 0.15) is 0 Å². The van der Waals surface area contributed by atoms with Crippen molar-refractivity contribution in [1.29, 1.82) is 0 Å². The minimum Gasteiger partial charge on any atom is -0.375 e. The van der Waals surface area contributed by atoms with E-state index in [1.54, 1.807) is 6.08 Å². The van der Waals surface area contributed by atoms with E-state index in [9.17, 15) is 4.79 Å². The zero-order chi connectivity index (χ0) is 9.80. The zero-order valence-electron chi connectivity index (χ0n) is 7.94. The Morgan fingerprint density at radius 2 is 2.00 bits per heavy atom. The maximum Gasteiger partial charge on any atom is 0.177 e. The summed E-state index contributed by atoms with van der Waals surface area (Å²) in [5, 5.41) is 3.23. The van der Waals surface area contributed by atoms with Crippen molar-refractivity contribution >= 4 is 11.5 Å². The Morgan fingerprint density at radius 1 is 1.21 bits per heavy atom. The Labute approximate surface area is 83.6 Å². The number of benzene rings is 1. The number of anilines is 1. The van der Waals surface area contributed by atoms with Crippen LogP contribution in [0.25, 0.3) is 0 Å². The molecule has 1 N–H and O–H groups in total. The van der Waals surface area contributed by atoms with Crippen LogP contribution in [-0.2, 0) is 4.79 Å². The maximum absolute atomic E-state index is 11.4. The predicted molar refractivity (Wildman–Crippen MR) is 57.2 cm³/mol. The number of para-hydroxylation sites is 1. The molecule has 0 saturated heterocycles. The molecular formula is C12H13NO. The number of carbonyl (C=O) groups is 1. The first-order chi connectivity index (χ1) is 6.86. The summed E-state index contributed by atoms with van der Waals surface area (Å²) in [5.74, 6) is 0.181. The number of rotatable bonds is 2. The van der Waals surface area contributed by atoms with Crippen molar-refractivity contribution in [2.24, 2.45) is 0 Å². The summed E-state index contributed by atoms with van der Waals surface area (Å²) in [4.78, 5) is 11.4. The number of nitrogens with one attached hydrogen (secondary N) is 1. The van der Waals surface area contributed by atoms with E-state index in [1.807, 2.05) is 36.4 Å². The Bertz CT molecular complexity index is 343. The molecule has 1 atom stereocenters. The first-order valence-corrected chi connectivity index (χ1v) is 4.88. The first kappa shape index (κ1) is 9.00. The Hall–Kier alpha value is -1.57. The summed E-state index contributed by atoms with van der Waals surface area (Å²) in [6.45, 7) is 0. The lowest BCUT2D eigenvalue weighted by molar-refractivity contribution is -0.115. The van der Waals surface area contributed by atoms with Crippen LogP contribution in [0, 0.1) is 0 Å². The molecular weight excluding hydrogens is 174 g/mol. The largest absolute Gasteiger partial charge is 0.375 e.